The molecule has 3 amide bonds. The Morgan fingerprint density at radius 1 is 1.07 bits per heavy atom. The van der Waals surface area contributed by atoms with E-state index >= 15 is 0 Å². The van der Waals surface area contributed by atoms with E-state index in [2.05, 4.69) is 19.2 Å². The molecule has 8 nitrogen and oxygen atoms in total. The van der Waals surface area contributed by atoms with Gasteiger partial charge in [0, 0.05) is 14.2 Å². The largest absolute Gasteiger partial charge is 0.379 e. The van der Waals surface area contributed by atoms with Gasteiger partial charge in [0.05, 0.1) is 31.2 Å². The number of nitrogens with two attached hydrogens (primary N) is 1. The summed E-state index contributed by atoms with van der Waals surface area (Å²) in [4.78, 5) is 39.1. The average Bonchev–Trinajstić information content (AvgIpc) is 2.64. The highest BCUT2D eigenvalue weighted by Gasteiger charge is 2.33. The molecule has 28 heavy (non-hydrogen) atoms. The zero-order chi connectivity index (χ0) is 22.4. The summed E-state index contributed by atoms with van der Waals surface area (Å²) in [6.45, 7) is 9.91. The Kier molecular flexibility index (Phi) is 15.6. The summed E-state index contributed by atoms with van der Waals surface area (Å²) >= 11 is 0. The van der Waals surface area contributed by atoms with Crippen LogP contribution in [0.15, 0.2) is 0 Å². The molecule has 0 aromatic heterocycles. The lowest BCUT2D eigenvalue weighted by Gasteiger charge is -2.37. The Morgan fingerprint density at radius 3 is 1.93 bits per heavy atom. The maximum absolute atomic E-state index is 12.5. The number of rotatable bonds is 11. The summed E-state index contributed by atoms with van der Waals surface area (Å²) in [5.74, 6) is -0.827. The second-order valence-electron chi connectivity index (χ2n) is 7.39. The molecule has 4 atom stereocenters. The molecule has 3 N–H and O–H groups in total. The lowest BCUT2D eigenvalue weighted by atomic mass is 9.91. The summed E-state index contributed by atoms with van der Waals surface area (Å²) in [7, 11) is 6.75. The molecule has 0 aliphatic rings. The Morgan fingerprint density at radius 2 is 1.57 bits per heavy atom. The molecule has 166 valence electrons. The minimum Gasteiger partial charge on any atom is -0.379 e. The fourth-order valence-corrected chi connectivity index (χ4v) is 2.62. The number of primary amides is 1. The van der Waals surface area contributed by atoms with Gasteiger partial charge in [-0.15, -0.1) is 0 Å². The molecule has 0 saturated heterocycles. The van der Waals surface area contributed by atoms with E-state index in [0.29, 0.717) is 0 Å². The summed E-state index contributed by atoms with van der Waals surface area (Å²) < 4.78 is 5.42. The first-order chi connectivity index (χ1) is 13.0. The number of hydrogen-bond acceptors (Lipinski definition) is 5. The second kappa shape index (κ2) is 15.3. The van der Waals surface area contributed by atoms with Crippen LogP contribution in [0.5, 0.6) is 0 Å². The van der Waals surface area contributed by atoms with E-state index < -0.39 is 12.0 Å². The number of amides is 3. The van der Waals surface area contributed by atoms with Gasteiger partial charge in [-0.3, -0.25) is 19.3 Å². The predicted molar refractivity (Wildman–Crippen MR) is 113 cm³/mol. The van der Waals surface area contributed by atoms with Crippen LogP contribution in [0.3, 0.4) is 0 Å². The van der Waals surface area contributed by atoms with Crippen LogP contribution in [-0.4, -0.2) is 80.5 Å². The molecular formula is C20H42N4O4. The van der Waals surface area contributed by atoms with E-state index in [1.807, 2.05) is 13.8 Å². The van der Waals surface area contributed by atoms with Gasteiger partial charge in [-0.2, -0.15) is 0 Å². The van der Waals surface area contributed by atoms with Crippen molar-refractivity contribution in [3.05, 3.63) is 0 Å². The molecule has 0 aromatic rings. The highest BCUT2D eigenvalue weighted by Crippen LogP contribution is 2.21. The van der Waals surface area contributed by atoms with Gasteiger partial charge in [0.25, 0.3) is 0 Å². The van der Waals surface area contributed by atoms with Gasteiger partial charge < -0.3 is 20.7 Å². The third-order valence-corrected chi connectivity index (χ3v) is 4.72. The van der Waals surface area contributed by atoms with Gasteiger partial charge in [-0.1, -0.05) is 40.5 Å². The van der Waals surface area contributed by atoms with Crippen LogP contribution in [-0.2, 0) is 19.1 Å². The van der Waals surface area contributed by atoms with Crippen molar-refractivity contribution in [2.24, 2.45) is 11.7 Å². The highest BCUT2D eigenvalue weighted by atomic mass is 16.5. The van der Waals surface area contributed by atoms with E-state index in [1.54, 1.807) is 37.9 Å². The molecule has 0 saturated carbocycles. The van der Waals surface area contributed by atoms with Crippen molar-refractivity contribution >= 4 is 17.7 Å². The Balaban J connectivity index is 0. The number of methoxy groups -OCH3 is 1. The summed E-state index contributed by atoms with van der Waals surface area (Å²) in [6, 6.07) is -0.636. The van der Waals surface area contributed by atoms with Gasteiger partial charge in [0.15, 0.2) is 0 Å². The minimum atomic E-state index is -0.488. The van der Waals surface area contributed by atoms with Crippen molar-refractivity contribution in [1.29, 1.82) is 0 Å². The van der Waals surface area contributed by atoms with Crippen LogP contribution in [0.25, 0.3) is 0 Å². The third-order valence-electron chi connectivity index (χ3n) is 4.72. The fraction of sp³-hybridized carbons (Fsp3) is 0.850. The smallest absolute Gasteiger partial charge is 0.242 e. The zero-order valence-corrected chi connectivity index (χ0v) is 19.2. The van der Waals surface area contributed by atoms with E-state index in [-0.39, 0.29) is 42.8 Å². The van der Waals surface area contributed by atoms with Crippen LogP contribution in [0, 0.1) is 5.92 Å². The molecule has 8 heteroatoms. The first-order valence-corrected chi connectivity index (χ1v) is 9.99. The van der Waals surface area contributed by atoms with Crippen molar-refractivity contribution in [1.82, 2.24) is 15.1 Å². The number of carbonyl (C=O) groups is 3. The van der Waals surface area contributed by atoms with Crippen molar-refractivity contribution < 1.29 is 19.1 Å². The topological polar surface area (TPSA) is 105 Å². The molecule has 0 rings (SSSR count). The molecule has 0 fully saturated rings. The van der Waals surface area contributed by atoms with Crippen molar-refractivity contribution in [2.45, 2.75) is 72.1 Å². The van der Waals surface area contributed by atoms with E-state index in [4.69, 9.17) is 10.5 Å². The van der Waals surface area contributed by atoms with Crippen LogP contribution in [0.2, 0.25) is 0 Å². The standard InChI is InChI=1S/C17H34N4O4.C3H8/c1-8-11(2)16(13(25-7)9-14(18)22)21(6)15(23)10-19-17(24)12(3)20(4)5;1-3-2/h11-13,16H,8-10H2,1-7H3,(H2,18,22)(H,19,24);3H2,1-2H3. The quantitative estimate of drug-likeness (QED) is 0.541. The molecule has 4 unspecified atom stereocenters. The number of nitrogens with one attached hydrogen (secondary N) is 1. The minimum absolute atomic E-state index is 0.0349. The van der Waals surface area contributed by atoms with Gasteiger partial charge in [-0.25, -0.2) is 0 Å². The summed E-state index contributed by atoms with van der Waals surface area (Å²) in [5, 5.41) is 2.65. The first kappa shape index (κ1) is 28.5. The second-order valence-corrected chi connectivity index (χ2v) is 7.39. The number of ether oxygens (including phenoxy) is 1. The maximum atomic E-state index is 12.5. The molecule has 0 heterocycles. The Bertz CT molecular complexity index is 471. The van der Waals surface area contributed by atoms with Crippen LogP contribution >= 0.6 is 0 Å². The van der Waals surface area contributed by atoms with E-state index in [0.717, 1.165) is 6.42 Å². The van der Waals surface area contributed by atoms with Crippen molar-refractivity contribution in [3.63, 3.8) is 0 Å². The normalized spacial score (nSPS) is 14.9. The highest BCUT2D eigenvalue weighted by molar-refractivity contribution is 5.87. The molecule has 0 aliphatic carbocycles. The van der Waals surface area contributed by atoms with Crippen LogP contribution < -0.4 is 11.1 Å². The fourth-order valence-electron chi connectivity index (χ4n) is 2.62. The number of hydrogen-bond donors (Lipinski definition) is 2. The number of nitrogens with zero attached hydrogens (tertiary/aromatic N) is 2. The van der Waals surface area contributed by atoms with E-state index in [9.17, 15) is 14.4 Å². The van der Waals surface area contributed by atoms with Crippen LogP contribution in [0.1, 0.15) is 53.9 Å². The molecular weight excluding hydrogens is 360 g/mol. The lowest BCUT2D eigenvalue weighted by molar-refractivity contribution is -0.139. The van der Waals surface area contributed by atoms with Gasteiger partial charge >= 0.3 is 0 Å². The lowest BCUT2D eigenvalue weighted by Crippen LogP contribution is -2.53. The maximum Gasteiger partial charge on any atom is 0.242 e. The van der Waals surface area contributed by atoms with E-state index in [1.165, 1.54) is 13.5 Å². The molecule has 0 bridgehead atoms. The van der Waals surface area contributed by atoms with Crippen molar-refractivity contribution in [2.75, 3.05) is 34.8 Å². The van der Waals surface area contributed by atoms with Gasteiger partial charge in [-0.05, 0) is 26.9 Å². The molecule has 0 aliphatic heterocycles. The first-order valence-electron chi connectivity index (χ1n) is 9.99. The summed E-state index contributed by atoms with van der Waals surface area (Å²) in [5.41, 5.74) is 5.30. The predicted octanol–water partition coefficient (Wildman–Crippen LogP) is 1.23. The zero-order valence-electron chi connectivity index (χ0n) is 19.2. The monoisotopic (exact) mass is 402 g/mol. The Labute approximate surface area is 171 Å². The number of likely N-dealkylation sites (N-methyl/N-ethyl adjacent to an activating group) is 2. The SMILES string of the molecule is CCC.CCC(C)C(C(CC(N)=O)OC)N(C)C(=O)CNC(=O)C(C)N(C)C. The van der Waals surface area contributed by atoms with Crippen LogP contribution in [0.4, 0.5) is 0 Å². The number of carbonyl (C=O) groups excluding carboxylic acids is 3. The molecule has 0 radical (unpaired) electrons. The Hall–Kier alpha value is -1.67. The summed E-state index contributed by atoms with van der Waals surface area (Å²) in [6.07, 6.45) is 1.61. The molecule has 0 spiro atoms. The molecule has 0 aromatic carbocycles. The average molecular weight is 403 g/mol. The third kappa shape index (κ3) is 10.6. The van der Waals surface area contributed by atoms with Crippen molar-refractivity contribution in [3.8, 4) is 0 Å². The van der Waals surface area contributed by atoms with Gasteiger partial charge in [0.1, 0.15) is 0 Å². The van der Waals surface area contributed by atoms with Gasteiger partial charge in [0.2, 0.25) is 17.7 Å².